The molecule has 0 aliphatic carbocycles. The molecule has 1 amide bonds. The molecule has 2 aromatic carbocycles. The summed E-state index contributed by atoms with van der Waals surface area (Å²) >= 11 is 7.80. The average molecular weight is 508 g/mol. The van der Waals surface area contributed by atoms with Gasteiger partial charge in [-0.05, 0) is 53.9 Å². The number of aromatic amines is 1. The van der Waals surface area contributed by atoms with Gasteiger partial charge in [0.05, 0.1) is 11.3 Å². The highest BCUT2D eigenvalue weighted by atomic mass is 35.5. The molecule has 0 saturated heterocycles. The van der Waals surface area contributed by atoms with Crippen LogP contribution in [-0.2, 0) is 4.79 Å². The smallest absolute Gasteiger partial charge is 0.325 e. The normalized spacial score (nSPS) is 14.5. The number of amides is 1. The number of hydrogen-bond donors (Lipinski definition) is 1. The van der Waals surface area contributed by atoms with Crippen molar-refractivity contribution in [3.8, 4) is 22.6 Å². The molecule has 1 aliphatic rings. The molecule has 1 atom stereocenters. The summed E-state index contributed by atoms with van der Waals surface area (Å²) in [5.74, 6) is 1.70. The molecule has 2 aromatic heterocycles. The van der Waals surface area contributed by atoms with Crippen molar-refractivity contribution in [2.45, 2.75) is 38.5 Å². The molecule has 35 heavy (non-hydrogen) atoms. The van der Waals surface area contributed by atoms with Crippen LogP contribution in [0.5, 0.6) is 0 Å². The topological polar surface area (TPSA) is 83.1 Å². The number of para-hydroxylation sites is 1. The third kappa shape index (κ3) is 4.17. The van der Waals surface area contributed by atoms with Gasteiger partial charge in [-0.3, -0.25) is 14.6 Å². The van der Waals surface area contributed by atoms with Crippen LogP contribution in [0.25, 0.3) is 22.6 Å². The molecule has 0 bridgehead atoms. The van der Waals surface area contributed by atoms with E-state index in [-0.39, 0.29) is 11.5 Å². The van der Waals surface area contributed by atoms with Crippen molar-refractivity contribution in [2.75, 3.05) is 10.7 Å². The second kappa shape index (κ2) is 9.36. The lowest BCUT2D eigenvalue weighted by molar-refractivity contribution is -0.764. The first-order valence-electron chi connectivity index (χ1n) is 11.3. The predicted octanol–water partition coefficient (Wildman–Crippen LogP) is 5.36. The number of carbonyl (C=O) groups is 1. The van der Waals surface area contributed by atoms with E-state index in [1.165, 1.54) is 18.7 Å². The monoisotopic (exact) mass is 507 g/mol. The van der Waals surface area contributed by atoms with Gasteiger partial charge in [-0.25, -0.2) is 4.90 Å². The maximum Gasteiger partial charge on any atom is 0.325 e. The fraction of sp³-hybridized carbons (Fsp3) is 0.231. The number of aryl methyl sites for hydroxylation is 1. The number of benzene rings is 2. The van der Waals surface area contributed by atoms with Gasteiger partial charge in [0.2, 0.25) is 11.1 Å². The van der Waals surface area contributed by atoms with Crippen molar-refractivity contribution in [3.05, 3.63) is 81.3 Å². The zero-order valence-corrected chi connectivity index (χ0v) is 21.1. The van der Waals surface area contributed by atoms with E-state index in [9.17, 15) is 9.59 Å². The lowest BCUT2D eigenvalue weighted by Crippen LogP contribution is -2.60. The van der Waals surface area contributed by atoms with Crippen molar-refractivity contribution in [1.29, 1.82) is 0 Å². The molecule has 178 valence electrons. The second-order valence-electron chi connectivity index (χ2n) is 8.35. The standard InChI is InChI=1S/C26H23ClN4O3S/c1-4-13-35-26-28-24(33)23-18-7-5-6-8-20(18)30(16(3)32)25(31(23)29-26)22-12-11-21(34-22)17-10-9-15(2)19(27)14-17/h5-12,14,25H,4,13H2,1-3H3/p+1. The van der Waals surface area contributed by atoms with Gasteiger partial charge in [-0.1, -0.05) is 54.6 Å². The Morgan fingerprint density at radius 2 is 2.03 bits per heavy atom. The van der Waals surface area contributed by atoms with Gasteiger partial charge in [0, 0.05) is 28.4 Å². The van der Waals surface area contributed by atoms with Gasteiger partial charge in [0.1, 0.15) is 5.76 Å². The minimum Gasteiger partial charge on any atom is -0.452 e. The highest BCUT2D eigenvalue weighted by molar-refractivity contribution is 7.99. The van der Waals surface area contributed by atoms with Crippen molar-refractivity contribution < 1.29 is 13.9 Å². The first kappa shape index (κ1) is 23.4. The van der Waals surface area contributed by atoms with Gasteiger partial charge < -0.3 is 4.42 Å². The molecule has 9 heteroatoms. The third-order valence-electron chi connectivity index (χ3n) is 5.88. The van der Waals surface area contributed by atoms with Crippen LogP contribution in [0.15, 0.2) is 69.0 Å². The molecule has 0 fully saturated rings. The fourth-order valence-corrected chi connectivity index (χ4v) is 5.12. The molecule has 3 heterocycles. The molecule has 1 aliphatic heterocycles. The maximum absolute atomic E-state index is 13.3. The Kier molecular flexibility index (Phi) is 6.25. The highest BCUT2D eigenvalue weighted by Crippen LogP contribution is 2.38. The average Bonchev–Trinajstić information content (AvgIpc) is 3.33. The summed E-state index contributed by atoms with van der Waals surface area (Å²) < 4.78 is 7.89. The summed E-state index contributed by atoms with van der Waals surface area (Å²) in [5.41, 5.74) is 3.16. The fourth-order valence-electron chi connectivity index (χ4n) is 4.23. The van der Waals surface area contributed by atoms with E-state index < -0.39 is 6.17 Å². The SMILES string of the molecule is CCCSc1n[n+]2c(c(=O)[nH]1)-c1ccccc1N(C(C)=O)C2c1ccc(-c2ccc(C)c(Cl)c2)o1. The van der Waals surface area contributed by atoms with Crippen LogP contribution in [0.2, 0.25) is 5.02 Å². The van der Waals surface area contributed by atoms with Crippen LogP contribution in [0.3, 0.4) is 0 Å². The molecular weight excluding hydrogens is 484 g/mol. The minimum absolute atomic E-state index is 0.193. The maximum atomic E-state index is 13.3. The van der Waals surface area contributed by atoms with Crippen molar-refractivity contribution in [2.24, 2.45) is 0 Å². The first-order chi connectivity index (χ1) is 16.9. The Balaban J connectivity index is 1.71. The summed E-state index contributed by atoms with van der Waals surface area (Å²) in [6.07, 6.45) is 0.165. The number of fused-ring (bicyclic) bond motifs is 3. The zero-order chi connectivity index (χ0) is 24.7. The van der Waals surface area contributed by atoms with Gasteiger partial charge >= 0.3 is 17.4 Å². The van der Waals surface area contributed by atoms with Crippen molar-refractivity contribution in [1.82, 2.24) is 10.1 Å². The first-order valence-corrected chi connectivity index (χ1v) is 12.7. The molecule has 1 unspecified atom stereocenters. The van der Waals surface area contributed by atoms with Gasteiger partial charge in [-0.2, -0.15) is 0 Å². The number of furan rings is 1. The Labute approximate surface area is 211 Å². The Hall–Kier alpha value is -3.36. The Morgan fingerprint density at radius 3 is 2.77 bits per heavy atom. The van der Waals surface area contributed by atoms with E-state index in [0.717, 1.165) is 23.3 Å². The second-order valence-corrected chi connectivity index (χ2v) is 9.84. The molecule has 5 rings (SSSR count). The van der Waals surface area contributed by atoms with Crippen LogP contribution in [0.1, 0.15) is 37.8 Å². The lowest BCUT2D eigenvalue weighted by Gasteiger charge is -2.30. The third-order valence-corrected chi connectivity index (χ3v) is 7.35. The van der Waals surface area contributed by atoms with E-state index in [1.54, 1.807) is 9.58 Å². The highest BCUT2D eigenvalue weighted by Gasteiger charge is 2.46. The van der Waals surface area contributed by atoms with Gasteiger partial charge in [0.25, 0.3) is 0 Å². The largest absolute Gasteiger partial charge is 0.452 e. The van der Waals surface area contributed by atoms with Gasteiger partial charge in [0.15, 0.2) is 5.76 Å². The van der Waals surface area contributed by atoms with Crippen LogP contribution in [0, 0.1) is 6.92 Å². The van der Waals surface area contributed by atoms with Gasteiger partial charge in [-0.15, -0.1) is 0 Å². The Morgan fingerprint density at radius 1 is 1.23 bits per heavy atom. The molecular formula is C26H24ClN4O3S+. The quantitative estimate of drug-likeness (QED) is 0.290. The summed E-state index contributed by atoms with van der Waals surface area (Å²) in [7, 11) is 0. The van der Waals surface area contributed by atoms with E-state index in [2.05, 4.69) is 11.9 Å². The number of rotatable bonds is 5. The number of aromatic nitrogens is 3. The summed E-state index contributed by atoms with van der Waals surface area (Å²) in [6, 6.07) is 16.7. The molecule has 1 N–H and O–H groups in total. The predicted molar refractivity (Wildman–Crippen MR) is 137 cm³/mol. The van der Waals surface area contributed by atoms with E-state index in [1.807, 2.05) is 61.5 Å². The van der Waals surface area contributed by atoms with Crippen LogP contribution >= 0.6 is 23.4 Å². The molecule has 7 nitrogen and oxygen atoms in total. The number of nitrogens with one attached hydrogen (secondary N) is 1. The summed E-state index contributed by atoms with van der Waals surface area (Å²) in [6.45, 7) is 5.50. The number of halogens is 1. The van der Waals surface area contributed by atoms with E-state index in [0.29, 0.717) is 38.6 Å². The molecule has 0 radical (unpaired) electrons. The molecule has 0 saturated carbocycles. The number of thioether (sulfide) groups is 1. The summed E-state index contributed by atoms with van der Waals surface area (Å²) in [4.78, 5) is 30.8. The lowest BCUT2D eigenvalue weighted by atomic mass is 10.0. The zero-order valence-electron chi connectivity index (χ0n) is 19.5. The number of anilines is 1. The van der Waals surface area contributed by atoms with E-state index in [4.69, 9.17) is 21.1 Å². The molecule has 0 spiro atoms. The number of nitrogens with zero attached hydrogens (tertiary/aromatic N) is 3. The van der Waals surface area contributed by atoms with Crippen molar-refractivity contribution in [3.63, 3.8) is 0 Å². The number of hydrogen-bond acceptors (Lipinski definition) is 5. The summed E-state index contributed by atoms with van der Waals surface area (Å²) in [5, 5.41) is 5.89. The Bertz CT molecular complexity index is 1500. The van der Waals surface area contributed by atoms with Crippen molar-refractivity contribution >= 4 is 35.0 Å². The number of H-pyrrole nitrogens is 1. The van der Waals surface area contributed by atoms with Crippen LogP contribution in [-0.4, -0.2) is 21.7 Å². The molecule has 4 aromatic rings. The van der Waals surface area contributed by atoms with E-state index >= 15 is 0 Å². The van der Waals surface area contributed by atoms with Crippen LogP contribution in [0.4, 0.5) is 5.69 Å². The minimum atomic E-state index is -0.768. The number of carbonyl (C=O) groups excluding carboxylic acids is 1. The van der Waals surface area contributed by atoms with Crippen LogP contribution < -0.4 is 15.1 Å².